The fourth-order valence-electron chi connectivity index (χ4n) is 0.919. The highest BCUT2D eigenvalue weighted by atomic mass is 16.2. The molecule has 0 aliphatic carbocycles. The Bertz CT molecular complexity index is 205. The van der Waals surface area contributed by atoms with Crippen LogP contribution in [-0.2, 0) is 4.79 Å². The van der Waals surface area contributed by atoms with Crippen molar-refractivity contribution < 1.29 is 9.59 Å². The zero-order valence-electron chi connectivity index (χ0n) is 9.72. The lowest BCUT2D eigenvalue weighted by Crippen LogP contribution is -2.38. The zero-order chi connectivity index (χ0) is 11.7. The minimum absolute atomic E-state index is 0.0273. The maximum absolute atomic E-state index is 11.2. The maximum atomic E-state index is 11.2. The van der Waals surface area contributed by atoms with Crippen molar-refractivity contribution in [2.75, 3.05) is 19.6 Å². The minimum Gasteiger partial charge on any atom is -0.356 e. The molecule has 0 radical (unpaired) electrons. The average Bonchev–Trinajstić information content (AvgIpc) is 2.15. The number of amides is 3. The first-order chi connectivity index (χ1) is 7.06. The third kappa shape index (κ3) is 9.05. The van der Waals surface area contributed by atoms with Crippen molar-refractivity contribution in [3.63, 3.8) is 0 Å². The Labute approximate surface area is 91.0 Å². The van der Waals surface area contributed by atoms with Gasteiger partial charge in [0.05, 0.1) is 0 Å². The molecule has 3 amide bonds. The summed E-state index contributed by atoms with van der Waals surface area (Å²) in [4.78, 5) is 22.1. The van der Waals surface area contributed by atoms with Gasteiger partial charge in [0.15, 0.2) is 0 Å². The summed E-state index contributed by atoms with van der Waals surface area (Å²) in [6, 6.07) is -0.228. The molecule has 0 aliphatic rings. The van der Waals surface area contributed by atoms with Gasteiger partial charge in [0.25, 0.3) is 0 Å². The highest BCUT2D eigenvalue weighted by molar-refractivity contribution is 5.78. The first-order valence-corrected chi connectivity index (χ1v) is 5.34. The number of nitrogens with one attached hydrogen (secondary N) is 3. The summed E-state index contributed by atoms with van der Waals surface area (Å²) in [5, 5.41) is 7.96. The lowest BCUT2D eigenvalue weighted by molar-refractivity contribution is -0.121. The fourth-order valence-corrected chi connectivity index (χ4v) is 0.919. The van der Waals surface area contributed by atoms with E-state index in [4.69, 9.17) is 0 Å². The largest absolute Gasteiger partial charge is 0.356 e. The summed E-state index contributed by atoms with van der Waals surface area (Å²) >= 11 is 0. The van der Waals surface area contributed by atoms with Crippen LogP contribution in [0.4, 0.5) is 4.79 Å². The second-order valence-electron chi connectivity index (χ2n) is 3.73. The van der Waals surface area contributed by atoms with Gasteiger partial charge in [0.1, 0.15) is 0 Å². The molecule has 15 heavy (non-hydrogen) atoms. The van der Waals surface area contributed by atoms with Gasteiger partial charge in [-0.1, -0.05) is 13.8 Å². The van der Waals surface area contributed by atoms with Crippen LogP contribution in [0.25, 0.3) is 0 Å². The van der Waals surface area contributed by atoms with Gasteiger partial charge in [0, 0.05) is 26.1 Å². The van der Waals surface area contributed by atoms with Gasteiger partial charge in [-0.25, -0.2) is 4.79 Å². The average molecular weight is 215 g/mol. The van der Waals surface area contributed by atoms with Crippen LogP contribution in [0.3, 0.4) is 0 Å². The molecule has 0 rings (SSSR count). The molecule has 0 aromatic carbocycles. The molecule has 0 aromatic heterocycles. The van der Waals surface area contributed by atoms with Crippen molar-refractivity contribution in [1.82, 2.24) is 16.0 Å². The van der Waals surface area contributed by atoms with E-state index in [0.29, 0.717) is 32.0 Å². The standard InChI is InChI=1S/C10H21N3O2/c1-4-11-10(15)12-6-5-9(14)13-7-8(2)3/h8H,4-7H2,1-3H3,(H,13,14)(H2,11,12,15). The summed E-state index contributed by atoms with van der Waals surface area (Å²) in [7, 11) is 0. The van der Waals surface area contributed by atoms with Crippen molar-refractivity contribution in [1.29, 1.82) is 0 Å². The van der Waals surface area contributed by atoms with E-state index in [1.165, 1.54) is 0 Å². The summed E-state index contributed by atoms with van der Waals surface area (Å²) in [6.45, 7) is 7.55. The highest BCUT2D eigenvalue weighted by Crippen LogP contribution is 1.87. The predicted octanol–water partition coefficient (Wildman–Crippen LogP) is 0.468. The molecule has 0 unspecified atom stereocenters. The van der Waals surface area contributed by atoms with E-state index in [1.807, 2.05) is 20.8 Å². The van der Waals surface area contributed by atoms with E-state index < -0.39 is 0 Å². The summed E-state index contributed by atoms with van der Waals surface area (Å²) in [6.07, 6.45) is 0.323. The number of hydrogen-bond acceptors (Lipinski definition) is 2. The molecule has 0 saturated carbocycles. The second kappa shape index (κ2) is 8.08. The number of urea groups is 1. The molecule has 0 aromatic rings. The molecule has 3 N–H and O–H groups in total. The topological polar surface area (TPSA) is 70.2 Å². The predicted molar refractivity (Wildman–Crippen MR) is 59.5 cm³/mol. The van der Waals surface area contributed by atoms with Gasteiger partial charge in [-0.15, -0.1) is 0 Å². The van der Waals surface area contributed by atoms with E-state index in [-0.39, 0.29) is 11.9 Å². The third-order valence-electron chi connectivity index (χ3n) is 1.68. The summed E-state index contributed by atoms with van der Waals surface area (Å²) in [5.41, 5.74) is 0. The van der Waals surface area contributed by atoms with Gasteiger partial charge in [-0.3, -0.25) is 4.79 Å². The van der Waals surface area contributed by atoms with Crippen molar-refractivity contribution in [3.8, 4) is 0 Å². The Balaban J connectivity index is 3.42. The van der Waals surface area contributed by atoms with Crippen LogP contribution in [0, 0.1) is 5.92 Å². The van der Waals surface area contributed by atoms with E-state index in [2.05, 4.69) is 16.0 Å². The highest BCUT2D eigenvalue weighted by Gasteiger charge is 2.03. The van der Waals surface area contributed by atoms with Crippen LogP contribution in [0.15, 0.2) is 0 Å². The van der Waals surface area contributed by atoms with Gasteiger partial charge in [-0.2, -0.15) is 0 Å². The number of carbonyl (C=O) groups is 2. The summed E-state index contributed by atoms with van der Waals surface area (Å²) < 4.78 is 0. The molecule has 0 spiro atoms. The maximum Gasteiger partial charge on any atom is 0.314 e. The van der Waals surface area contributed by atoms with E-state index in [9.17, 15) is 9.59 Å². The SMILES string of the molecule is CCNC(=O)NCCC(=O)NCC(C)C. The lowest BCUT2D eigenvalue weighted by atomic mass is 10.2. The molecule has 0 atom stereocenters. The molecule has 0 fully saturated rings. The van der Waals surface area contributed by atoms with Crippen LogP contribution < -0.4 is 16.0 Å². The Morgan fingerprint density at radius 1 is 1.13 bits per heavy atom. The minimum atomic E-state index is -0.228. The van der Waals surface area contributed by atoms with Crippen LogP contribution in [-0.4, -0.2) is 31.6 Å². The normalized spacial score (nSPS) is 9.87. The Morgan fingerprint density at radius 2 is 1.80 bits per heavy atom. The summed E-state index contributed by atoms with van der Waals surface area (Å²) in [5.74, 6) is 0.422. The van der Waals surface area contributed by atoms with Crippen LogP contribution in [0.2, 0.25) is 0 Å². The van der Waals surface area contributed by atoms with Crippen molar-refractivity contribution in [2.24, 2.45) is 5.92 Å². The van der Waals surface area contributed by atoms with Gasteiger partial charge < -0.3 is 16.0 Å². The van der Waals surface area contributed by atoms with Crippen LogP contribution >= 0.6 is 0 Å². The first kappa shape index (κ1) is 13.7. The molecule has 5 heteroatoms. The second-order valence-corrected chi connectivity index (χ2v) is 3.73. The molecular weight excluding hydrogens is 194 g/mol. The quantitative estimate of drug-likeness (QED) is 0.602. The van der Waals surface area contributed by atoms with Crippen LogP contribution in [0.1, 0.15) is 27.2 Å². The zero-order valence-corrected chi connectivity index (χ0v) is 9.72. The molecule has 88 valence electrons. The van der Waals surface area contributed by atoms with E-state index in [0.717, 1.165) is 0 Å². The Morgan fingerprint density at radius 3 is 2.33 bits per heavy atom. The lowest BCUT2D eigenvalue weighted by Gasteiger charge is -2.08. The molecular formula is C10H21N3O2. The third-order valence-corrected chi connectivity index (χ3v) is 1.68. The Hall–Kier alpha value is -1.26. The van der Waals surface area contributed by atoms with Gasteiger partial charge in [-0.05, 0) is 12.8 Å². The Kier molecular flexibility index (Phi) is 7.40. The van der Waals surface area contributed by atoms with Gasteiger partial charge >= 0.3 is 6.03 Å². The molecule has 0 aliphatic heterocycles. The van der Waals surface area contributed by atoms with Gasteiger partial charge in [0.2, 0.25) is 5.91 Å². The smallest absolute Gasteiger partial charge is 0.314 e. The molecule has 0 heterocycles. The van der Waals surface area contributed by atoms with E-state index in [1.54, 1.807) is 0 Å². The number of hydrogen-bond donors (Lipinski definition) is 3. The molecule has 5 nitrogen and oxygen atoms in total. The van der Waals surface area contributed by atoms with Crippen molar-refractivity contribution in [2.45, 2.75) is 27.2 Å². The first-order valence-electron chi connectivity index (χ1n) is 5.34. The van der Waals surface area contributed by atoms with Crippen LogP contribution in [0.5, 0.6) is 0 Å². The van der Waals surface area contributed by atoms with E-state index >= 15 is 0 Å². The molecule has 0 bridgehead atoms. The molecule has 0 saturated heterocycles. The number of rotatable bonds is 6. The fraction of sp³-hybridized carbons (Fsp3) is 0.800. The van der Waals surface area contributed by atoms with Crippen molar-refractivity contribution >= 4 is 11.9 Å². The number of carbonyl (C=O) groups excluding carboxylic acids is 2. The monoisotopic (exact) mass is 215 g/mol. The van der Waals surface area contributed by atoms with Crippen molar-refractivity contribution in [3.05, 3.63) is 0 Å².